The van der Waals surface area contributed by atoms with E-state index in [-0.39, 0.29) is 12.6 Å². The zero-order valence-electron chi connectivity index (χ0n) is 9.42. The van der Waals surface area contributed by atoms with Crippen LogP contribution in [0.1, 0.15) is 31.0 Å². The summed E-state index contributed by atoms with van der Waals surface area (Å²) < 4.78 is 1.09. The standard InChI is InChI=1S/C12H18BrNO/c1-8(2)14-12(7-15)10-5-4-9(3)11(13)6-10/h4-6,8,12,14-15H,7H2,1-3H3. The third-order valence-corrected chi connectivity index (χ3v) is 3.17. The molecule has 0 radical (unpaired) electrons. The Labute approximate surface area is 99.8 Å². The maximum atomic E-state index is 9.31. The zero-order valence-corrected chi connectivity index (χ0v) is 11.0. The fraction of sp³-hybridized carbons (Fsp3) is 0.500. The molecule has 0 aliphatic heterocycles. The summed E-state index contributed by atoms with van der Waals surface area (Å²) >= 11 is 3.50. The molecule has 0 aromatic heterocycles. The van der Waals surface area contributed by atoms with Gasteiger partial charge in [-0.2, -0.15) is 0 Å². The lowest BCUT2D eigenvalue weighted by Gasteiger charge is -2.20. The van der Waals surface area contributed by atoms with Crippen molar-refractivity contribution in [2.75, 3.05) is 6.61 Å². The van der Waals surface area contributed by atoms with E-state index in [4.69, 9.17) is 0 Å². The minimum Gasteiger partial charge on any atom is -0.394 e. The Balaban J connectivity index is 2.87. The number of aliphatic hydroxyl groups excluding tert-OH is 1. The molecule has 2 nitrogen and oxygen atoms in total. The fourth-order valence-corrected chi connectivity index (χ4v) is 1.88. The fourth-order valence-electron chi connectivity index (χ4n) is 1.48. The van der Waals surface area contributed by atoms with Gasteiger partial charge in [0.15, 0.2) is 0 Å². The highest BCUT2D eigenvalue weighted by atomic mass is 79.9. The van der Waals surface area contributed by atoms with Crippen LogP contribution in [-0.2, 0) is 0 Å². The van der Waals surface area contributed by atoms with E-state index in [1.165, 1.54) is 5.56 Å². The lowest BCUT2D eigenvalue weighted by molar-refractivity contribution is 0.237. The molecule has 0 fully saturated rings. The Morgan fingerprint density at radius 2 is 2.07 bits per heavy atom. The molecule has 0 bridgehead atoms. The quantitative estimate of drug-likeness (QED) is 0.883. The third-order valence-electron chi connectivity index (χ3n) is 2.32. The number of hydrogen-bond donors (Lipinski definition) is 2. The van der Waals surface area contributed by atoms with Crippen LogP contribution in [-0.4, -0.2) is 17.8 Å². The first-order valence-corrected chi connectivity index (χ1v) is 5.97. The first-order chi connectivity index (χ1) is 7.04. The smallest absolute Gasteiger partial charge is 0.0626 e. The van der Waals surface area contributed by atoms with Gasteiger partial charge in [-0.1, -0.05) is 41.9 Å². The van der Waals surface area contributed by atoms with E-state index in [1.54, 1.807) is 0 Å². The minimum absolute atomic E-state index is 0.0156. The van der Waals surface area contributed by atoms with Crippen LogP contribution in [0, 0.1) is 6.92 Å². The molecule has 3 heteroatoms. The Bertz CT molecular complexity index is 325. The second kappa shape index (κ2) is 5.64. The monoisotopic (exact) mass is 271 g/mol. The average Bonchev–Trinajstić information content (AvgIpc) is 2.18. The molecule has 2 N–H and O–H groups in total. The molecule has 1 atom stereocenters. The number of nitrogens with one attached hydrogen (secondary N) is 1. The number of aliphatic hydroxyl groups is 1. The second-order valence-corrected chi connectivity index (χ2v) is 4.92. The number of aryl methyl sites for hydroxylation is 1. The van der Waals surface area contributed by atoms with Crippen molar-refractivity contribution < 1.29 is 5.11 Å². The van der Waals surface area contributed by atoms with Crippen molar-refractivity contribution in [2.45, 2.75) is 32.9 Å². The molecule has 1 aromatic carbocycles. The van der Waals surface area contributed by atoms with Gasteiger partial charge in [-0.15, -0.1) is 0 Å². The van der Waals surface area contributed by atoms with Gasteiger partial charge in [0.1, 0.15) is 0 Å². The first kappa shape index (κ1) is 12.7. The lowest BCUT2D eigenvalue weighted by atomic mass is 10.1. The SMILES string of the molecule is Cc1ccc(C(CO)NC(C)C)cc1Br. The van der Waals surface area contributed by atoms with Crippen LogP contribution in [0.25, 0.3) is 0 Å². The normalized spacial score (nSPS) is 13.2. The Hall–Kier alpha value is -0.380. The summed E-state index contributed by atoms with van der Waals surface area (Å²) in [6.45, 7) is 6.32. The van der Waals surface area contributed by atoms with E-state index in [0.717, 1.165) is 10.0 Å². The summed E-state index contributed by atoms with van der Waals surface area (Å²) in [6.07, 6.45) is 0. The van der Waals surface area contributed by atoms with Crippen molar-refractivity contribution in [3.63, 3.8) is 0 Å². The average molecular weight is 272 g/mol. The van der Waals surface area contributed by atoms with Crippen molar-refractivity contribution in [1.29, 1.82) is 0 Å². The van der Waals surface area contributed by atoms with Gasteiger partial charge in [-0.05, 0) is 24.1 Å². The van der Waals surface area contributed by atoms with Crippen LogP contribution in [0.2, 0.25) is 0 Å². The molecule has 84 valence electrons. The van der Waals surface area contributed by atoms with E-state index < -0.39 is 0 Å². The maximum Gasteiger partial charge on any atom is 0.0626 e. The van der Waals surface area contributed by atoms with Crippen molar-refractivity contribution in [3.8, 4) is 0 Å². The molecule has 15 heavy (non-hydrogen) atoms. The number of hydrogen-bond acceptors (Lipinski definition) is 2. The lowest BCUT2D eigenvalue weighted by Crippen LogP contribution is -2.30. The zero-order chi connectivity index (χ0) is 11.4. The number of rotatable bonds is 4. The van der Waals surface area contributed by atoms with Gasteiger partial charge in [0.05, 0.1) is 12.6 Å². The molecule has 0 saturated carbocycles. The van der Waals surface area contributed by atoms with Crippen LogP contribution in [0.5, 0.6) is 0 Å². The molecule has 0 aliphatic carbocycles. The second-order valence-electron chi connectivity index (χ2n) is 4.07. The highest BCUT2D eigenvalue weighted by Gasteiger charge is 2.11. The van der Waals surface area contributed by atoms with Gasteiger partial charge in [-0.3, -0.25) is 0 Å². The first-order valence-electron chi connectivity index (χ1n) is 5.17. The molecule has 0 amide bonds. The van der Waals surface area contributed by atoms with Gasteiger partial charge < -0.3 is 10.4 Å². The molecule has 0 spiro atoms. The molecule has 1 aromatic rings. The predicted octanol–water partition coefficient (Wildman–Crippen LogP) is 2.79. The maximum absolute atomic E-state index is 9.31. The molecule has 0 heterocycles. The summed E-state index contributed by atoms with van der Waals surface area (Å²) in [4.78, 5) is 0. The molecule has 0 aliphatic rings. The topological polar surface area (TPSA) is 32.3 Å². The third kappa shape index (κ3) is 3.59. The van der Waals surface area contributed by atoms with Crippen molar-refractivity contribution in [2.24, 2.45) is 0 Å². The van der Waals surface area contributed by atoms with E-state index in [2.05, 4.69) is 60.2 Å². The minimum atomic E-state index is 0.0156. The van der Waals surface area contributed by atoms with Crippen LogP contribution in [0.4, 0.5) is 0 Å². The predicted molar refractivity (Wildman–Crippen MR) is 67.0 cm³/mol. The van der Waals surface area contributed by atoms with E-state index >= 15 is 0 Å². The summed E-state index contributed by atoms with van der Waals surface area (Å²) in [6, 6.07) is 6.55. The van der Waals surface area contributed by atoms with Crippen molar-refractivity contribution in [1.82, 2.24) is 5.32 Å². The van der Waals surface area contributed by atoms with Gasteiger partial charge in [0.25, 0.3) is 0 Å². The van der Waals surface area contributed by atoms with Crippen LogP contribution >= 0.6 is 15.9 Å². The van der Waals surface area contributed by atoms with Gasteiger partial charge in [-0.25, -0.2) is 0 Å². The summed E-state index contributed by atoms with van der Waals surface area (Å²) in [7, 11) is 0. The van der Waals surface area contributed by atoms with E-state index in [0.29, 0.717) is 6.04 Å². The number of benzene rings is 1. The number of halogens is 1. The van der Waals surface area contributed by atoms with Crippen molar-refractivity contribution in [3.05, 3.63) is 33.8 Å². The molecule has 1 unspecified atom stereocenters. The molecule has 0 saturated heterocycles. The molecule has 1 rings (SSSR count). The van der Waals surface area contributed by atoms with Crippen LogP contribution in [0.15, 0.2) is 22.7 Å². The summed E-state index contributed by atoms with van der Waals surface area (Å²) in [5.74, 6) is 0. The largest absolute Gasteiger partial charge is 0.394 e. The van der Waals surface area contributed by atoms with Gasteiger partial charge in [0.2, 0.25) is 0 Å². The highest BCUT2D eigenvalue weighted by molar-refractivity contribution is 9.10. The Morgan fingerprint density at radius 1 is 1.40 bits per heavy atom. The van der Waals surface area contributed by atoms with Gasteiger partial charge in [0, 0.05) is 10.5 Å². The van der Waals surface area contributed by atoms with Gasteiger partial charge >= 0.3 is 0 Å². The summed E-state index contributed by atoms with van der Waals surface area (Å²) in [5, 5.41) is 12.6. The Morgan fingerprint density at radius 3 is 2.53 bits per heavy atom. The van der Waals surface area contributed by atoms with E-state index in [9.17, 15) is 5.11 Å². The van der Waals surface area contributed by atoms with Crippen LogP contribution in [0.3, 0.4) is 0 Å². The summed E-state index contributed by atoms with van der Waals surface area (Å²) in [5.41, 5.74) is 2.32. The van der Waals surface area contributed by atoms with Crippen LogP contribution < -0.4 is 5.32 Å². The van der Waals surface area contributed by atoms with Crippen molar-refractivity contribution >= 4 is 15.9 Å². The van der Waals surface area contributed by atoms with E-state index in [1.807, 2.05) is 0 Å². The molecular formula is C12H18BrNO. The molecular weight excluding hydrogens is 254 g/mol. The Kier molecular flexibility index (Phi) is 4.77. The highest BCUT2D eigenvalue weighted by Crippen LogP contribution is 2.22.